The topological polar surface area (TPSA) is 55.4 Å². The lowest BCUT2D eigenvalue weighted by molar-refractivity contribution is 0.411. The van der Waals surface area contributed by atoms with Gasteiger partial charge in [0, 0.05) is 6.04 Å². The smallest absolute Gasteiger partial charge is 0.241 e. The Morgan fingerprint density at radius 2 is 1.83 bits per heavy atom. The van der Waals surface area contributed by atoms with Crippen LogP contribution < -0.4 is 9.46 Å². The lowest BCUT2D eigenvalue weighted by Crippen LogP contribution is -2.28. The first-order valence-corrected chi connectivity index (χ1v) is 8.78. The lowest BCUT2D eigenvalue weighted by atomic mass is 10.0. The summed E-state index contributed by atoms with van der Waals surface area (Å²) in [6.07, 6.45) is 0.589. The monoisotopic (exact) mass is 337 g/mol. The van der Waals surface area contributed by atoms with Gasteiger partial charge >= 0.3 is 0 Å². The first-order valence-electron chi connectivity index (χ1n) is 7.30. The van der Waals surface area contributed by atoms with Gasteiger partial charge in [-0.15, -0.1) is 0 Å². The molecule has 23 heavy (non-hydrogen) atoms. The number of benzene rings is 2. The molecule has 0 radical (unpaired) electrons. The van der Waals surface area contributed by atoms with Gasteiger partial charge in [-0.2, -0.15) is 0 Å². The molecule has 0 saturated heterocycles. The van der Waals surface area contributed by atoms with Crippen molar-refractivity contribution in [2.45, 2.75) is 31.2 Å². The van der Waals surface area contributed by atoms with E-state index in [2.05, 4.69) is 4.72 Å². The third-order valence-corrected chi connectivity index (χ3v) is 5.14. The van der Waals surface area contributed by atoms with Gasteiger partial charge in [0.25, 0.3) is 0 Å². The highest BCUT2D eigenvalue weighted by Crippen LogP contribution is 2.25. The van der Waals surface area contributed by atoms with Crippen molar-refractivity contribution in [3.05, 3.63) is 59.4 Å². The molecule has 124 valence electrons. The lowest BCUT2D eigenvalue weighted by Gasteiger charge is -2.19. The average Bonchev–Trinajstić information content (AvgIpc) is 2.53. The number of rotatable bonds is 6. The van der Waals surface area contributed by atoms with Crippen LogP contribution in [0.15, 0.2) is 47.4 Å². The Hall–Kier alpha value is -1.92. The van der Waals surface area contributed by atoms with Crippen LogP contribution in [0.4, 0.5) is 4.39 Å². The van der Waals surface area contributed by atoms with E-state index in [1.807, 2.05) is 32.0 Å². The van der Waals surface area contributed by atoms with Crippen molar-refractivity contribution < 1.29 is 17.5 Å². The molecule has 2 rings (SSSR count). The Kier molecular flexibility index (Phi) is 5.38. The molecular weight excluding hydrogens is 317 g/mol. The molecule has 1 unspecified atom stereocenters. The van der Waals surface area contributed by atoms with Crippen molar-refractivity contribution in [1.82, 2.24) is 4.72 Å². The van der Waals surface area contributed by atoms with Crippen molar-refractivity contribution in [3.8, 4) is 5.75 Å². The average molecular weight is 337 g/mol. The van der Waals surface area contributed by atoms with Crippen LogP contribution in [0.2, 0.25) is 0 Å². The van der Waals surface area contributed by atoms with Crippen LogP contribution in [-0.4, -0.2) is 15.5 Å². The van der Waals surface area contributed by atoms with Crippen molar-refractivity contribution in [2.24, 2.45) is 0 Å². The summed E-state index contributed by atoms with van der Waals surface area (Å²) < 4.78 is 45.7. The van der Waals surface area contributed by atoms with Gasteiger partial charge in [0.05, 0.1) is 12.0 Å². The van der Waals surface area contributed by atoms with Crippen LogP contribution >= 0.6 is 0 Å². The second-order valence-electron chi connectivity index (χ2n) is 5.27. The van der Waals surface area contributed by atoms with Gasteiger partial charge in [0.2, 0.25) is 10.0 Å². The van der Waals surface area contributed by atoms with E-state index in [1.165, 1.54) is 12.1 Å². The molecule has 2 aromatic rings. The molecule has 6 heteroatoms. The van der Waals surface area contributed by atoms with Crippen LogP contribution in [0.5, 0.6) is 5.75 Å². The van der Waals surface area contributed by atoms with Gasteiger partial charge < -0.3 is 4.74 Å². The van der Waals surface area contributed by atoms with Crippen LogP contribution in [0.3, 0.4) is 0 Å². The fourth-order valence-corrected chi connectivity index (χ4v) is 3.68. The molecule has 4 nitrogen and oxygen atoms in total. The van der Waals surface area contributed by atoms with E-state index in [0.29, 0.717) is 6.42 Å². The van der Waals surface area contributed by atoms with Crippen LogP contribution in [0.25, 0.3) is 0 Å². The van der Waals surface area contributed by atoms with E-state index < -0.39 is 15.8 Å². The highest BCUT2D eigenvalue weighted by atomic mass is 32.2. The first-order chi connectivity index (χ1) is 10.9. The predicted molar refractivity (Wildman–Crippen MR) is 87.5 cm³/mol. The summed E-state index contributed by atoms with van der Waals surface area (Å²) in [6.45, 7) is 3.81. The number of hydrogen-bond acceptors (Lipinski definition) is 3. The van der Waals surface area contributed by atoms with E-state index in [9.17, 15) is 12.8 Å². The highest BCUT2D eigenvalue weighted by Gasteiger charge is 2.20. The van der Waals surface area contributed by atoms with Crippen molar-refractivity contribution in [2.75, 3.05) is 7.11 Å². The maximum absolute atomic E-state index is 13.0. The Morgan fingerprint density at radius 1 is 1.17 bits per heavy atom. The van der Waals surface area contributed by atoms with E-state index in [0.717, 1.165) is 29.0 Å². The molecule has 0 saturated carbocycles. The molecule has 1 N–H and O–H groups in total. The fraction of sp³-hybridized carbons (Fsp3) is 0.294. The molecule has 2 aromatic carbocycles. The van der Waals surface area contributed by atoms with Gasteiger partial charge in [-0.1, -0.05) is 19.1 Å². The van der Waals surface area contributed by atoms with Crippen molar-refractivity contribution >= 4 is 10.0 Å². The minimum Gasteiger partial charge on any atom is -0.496 e. The molecule has 0 aromatic heterocycles. The summed E-state index contributed by atoms with van der Waals surface area (Å²) >= 11 is 0. The third kappa shape index (κ3) is 4.09. The minimum absolute atomic E-state index is 0.0441. The molecule has 0 fully saturated rings. The maximum atomic E-state index is 13.0. The SMILES string of the molecule is CCC(NS(=O)(=O)c1ccc(F)cc1)c1ccc(OC)c(C)c1. The maximum Gasteiger partial charge on any atom is 0.241 e. The van der Waals surface area contributed by atoms with Crippen molar-refractivity contribution in [1.29, 1.82) is 0 Å². The van der Waals surface area contributed by atoms with E-state index in [1.54, 1.807) is 7.11 Å². The standard InChI is InChI=1S/C17H20FNO3S/c1-4-16(13-5-10-17(22-3)12(2)11-13)19-23(20,21)15-8-6-14(18)7-9-15/h5-11,16,19H,4H2,1-3H3. The number of hydrogen-bond donors (Lipinski definition) is 1. The quantitative estimate of drug-likeness (QED) is 0.877. The summed E-state index contributed by atoms with van der Waals surface area (Å²) in [4.78, 5) is 0.0441. The molecule has 0 heterocycles. The zero-order chi connectivity index (χ0) is 17.0. The second kappa shape index (κ2) is 7.10. The van der Waals surface area contributed by atoms with E-state index in [4.69, 9.17) is 4.74 Å². The van der Waals surface area contributed by atoms with Crippen LogP contribution in [-0.2, 0) is 10.0 Å². The van der Waals surface area contributed by atoms with Gasteiger partial charge in [0.15, 0.2) is 0 Å². The molecule has 0 aliphatic heterocycles. The number of aryl methyl sites for hydroxylation is 1. The number of sulfonamides is 1. The van der Waals surface area contributed by atoms with Crippen LogP contribution in [0.1, 0.15) is 30.5 Å². The summed E-state index contributed by atoms with van der Waals surface area (Å²) in [5.41, 5.74) is 1.79. The van der Waals surface area contributed by atoms with Gasteiger partial charge in [0.1, 0.15) is 11.6 Å². The molecule has 0 amide bonds. The zero-order valence-corrected chi connectivity index (χ0v) is 14.2. The Morgan fingerprint density at radius 3 is 2.35 bits per heavy atom. The molecule has 0 aliphatic rings. The molecule has 0 aliphatic carbocycles. The fourth-order valence-electron chi connectivity index (χ4n) is 2.37. The predicted octanol–water partition coefficient (Wildman–Crippen LogP) is 3.57. The summed E-state index contributed by atoms with van der Waals surface area (Å²) in [5, 5.41) is 0. The van der Waals surface area contributed by atoms with Gasteiger partial charge in [-0.25, -0.2) is 17.5 Å². The Labute approximate surface area is 136 Å². The van der Waals surface area contributed by atoms with Crippen molar-refractivity contribution in [3.63, 3.8) is 0 Å². The first kappa shape index (κ1) is 17.4. The third-order valence-electron chi connectivity index (χ3n) is 3.65. The largest absolute Gasteiger partial charge is 0.496 e. The number of methoxy groups -OCH3 is 1. The van der Waals surface area contributed by atoms with E-state index >= 15 is 0 Å². The number of halogens is 1. The Bertz CT molecular complexity index is 773. The normalized spacial score (nSPS) is 12.9. The second-order valence-corrected chi connectivity index (χ2v) is 6.98. The summed E-state index contributed by atoms with van der Waals surface area (Å²) in [6, 6.07) is 9.97. The number of ether oxygens (including phenoxy) is 1. The number of nitrogens with one attached hydrogen (secondary N) is 1. The zero-order valence-electron chi connectivity index (χ0n) is 13.3. The van der Waals surface area contributed by atoms with Crippen LogP contribution in [0, 0.1) is 12.7 Å². The highest BCUT2D eigenvalue weighted by molar-refractivity contribution is 7.89. The van der Waals surface area contributed by atoms with E-state index in [-0.39, 0.29) is 10.9 Å². The summed E-state index contributed by atoms with van der Waals surface area (Å²) in [5.74, 6) is 0.284. The molecule has 1 atom stereocenters. The van der Waals surface area contributed by atoms with Gasteiger partial charge in [-0.3, -0.25) is 0 Å². The Balaban J connectivity index is 2.28. The molecular formula is C17H20FNO3S. The summed E-state index contributed by atoms with van der Waals surface area (Å²) in [7, 11) is -2.12. The van der Waals surface area contributed by atoms with Gasteiger partial charge in [-0.05, 0) is 54.8 Å². The molecule has 0 spiro atoms. The minimum atomic E-state index is -3.71. The molecule has 0 bridgehead atoms.